The first kappa shape index (κ1) is 23.1. The number of nitrogens with one attached hydrogen (secondary N) is 1. The van der Waals surface area contributed by atoms with E-state index in [0.29, 0.717) is 0 Å². The second kappa shape index (κ2) is 10.6. The number of ether oxygens (including phenoxy) is 2. The molecule has 0 spiro atoms. The maximum atomic E-state index is 13.2. The summed E-state index contributed by atoms with van der Waals surface area (Å²) in [6.45, 7) is 5.32. The largest absolute Gasteiger partial charge is 0.467 e. The van der Waals surface area contributed by atoms with Crippen LogP contribution in [0.4, 0.5) is 0 Å². The van der Waals surface area contributed by atoms with Crippen molar-refractivity contribution in [1.82, 2.24) is 5.32 Å². The molecule has 2 rings (SSSR count). The van der Waals surface area contributed by atoms with Gasteiger partial charge in [-0.25, -0.2) is 4.79 Å². The van der Waals surface area contributed by atoms with Gasteiger partial charge < -0.3 is 14.8 Å². The van der Waals surface area contributed by atoms with Crippen LogP contribution in [0.2, 0.25) is 0 Å². The summed E-state index contributed by atoms with van der Waals surface area (Å²) < 4.78 is 10.1. The third-order valence-corrected chi connectivity index (χ3v) is 4.39. The SMILES string of the molecule is COC(=O)[C@H](CCC(=O)OC(C)(C)C)NC(=O)C(c1ccccc1)c1ccccc1. The van der Waals surface area contributed by atoms with Gasteiger partial charge in [0, 0.05) is 6.42 Å². The molecule has 2 aromatic rings. The quantitative estimate of drug-likeness (QED) is 0.671. The Hall–Kier alpha value is -3.15. The molecule has 1 amide bonds. The Morgan fingerprint density at radius 1 is 0.900 bits per heavy atom. The molecule has 6 nitrogen and oxygen atoms in total. The molecule has 0 fully saturated rings. The third-order valence-electron chi connectivity index (χ3n) is 4.39. The predicted octanol–water partition coefficient (Wildman–Crippen LogP) is 3.60. The van der Waals surface area contributed by atoms with Crippen molar-refractivity contribution in [3.63, 3.8) is 0 Å². The van der Waals surface area contributed by atoms with E-state index >= 15 is 0 Å². The van der Waals surface area contributed by atoms with Crippen molar-refractivity contribution in [2.75, 3.05) is 7.11 Å². The lowest BCUT2D eigenvalue weighted by Gasteiger charge is -2.23. The van der Waals surface area contributed by atoms with E-state index in [1.165, 1.54) is 7.11 Å². The second-order valence-electron chi connectivity index (χ2n) is 7.96. The Morgan fingerprint density at radius 3 is 1.83 bits per heavy atom. The fourth-order valence-corrected chi connectivity index (χ4v) is 3.09. The van der Waals surface area contributed by atoms with Crippen LogP contribution in [-0.2, 0) is 23.9 Å². The van der Waals surface area contributed by atoms with Crippen molar-refractivity contribution >= 4 is 17.8 Å². The van der Waals surface area contributed by atoms with Gasteiger partial charge in [0.1, 0.15) is 11.6 Å². The summed E-state index contributed by atoms with van der Waals surface area (Å²) in [5, 5.41) is 2.76. The van der Waals surface area contributed by atoms with Gasteiger partial charge in [-0.15, -0.1) is 0 Å². The summed E-state index contributed by atoms with van der Waals surface area (Å²) in [5.74, 6) is -1.98. The standard InChI is InChI=1S/C24H29NO5/c1-24(2,3)30-20(26)16-15-19(23(28)29-4)25-22(27)21(17-11-7-5-8-12-17)18-13-9-6-10-14-18/h5-14,19,21H,15-16H2,1-4H3,(H,25,27)/t19-/m0/s1. The maximum Gasteiger partial charge on any atom is 0.328 e. The lowest BCUT2D eigenvalue weighted by molar-refractivity contribution is -0.155. The molecule has 0 unspecified atom stereocenters. The molecular weight excluding hydrogens is 382 g/mol. The minimum atomic E-state index is -0.954. The number of carbonyl (C=O) groups excluding carboxylic acids is 3. The molecule has 0 heterocycles. The summed E-state index contributed by atoms with van der Waals surface area (Å²) in [5.41, 5.74) is 0.987. The Balaban J connectivity index is 2.19. The zero-order chi connectivity index (χ0) is 22.1. The van der Waals surface area contributed by atoms with E-state index in [9.17, 15) is 14.4 Å². The topological polar surface area (TPSA) is 81.7 Å². The highest BCUT2D eigenvalue weighted by Gasteiger charge is 2.29. The van der Waals surface area contributed by atoms with Gasteiger partial charge in [0.05, 0.1) is 13.0 Å². The van der Waals surface area contributed by atoms with Crippen molar-refractivity contribution in [3.05, 3.63) is 71.8 Å². The summed E-state index contributed by atoms with van der Waals surface area (Å²) >= 11 is 0. The van der Waals surface area contributed by atoms with Gasteiger partial charge >= 0.3 is 11.9 Å². The van der Waals surface area contributed by atoms with E-state index < -0.39 is 29.5 Å². The van der Waals surface area contributed by atoms with Crippen LogP contribution in [0.15, 0.2) is 60.7 Å². The number of amides is 1. The van der Waals surface area contributed by atoms with Crippen molar-refractivity contribution < 1.29 is 23.9 Å². The molecule has 6 heteroatoms. The predicted molar refractivity (Wildman–Crippen MR) is 114 cm³/mol. The van der Waals surface area contributed by atoms with Crippen LogP contribution in [0.5, 0.6) is 0 Å². The van der Waals surface area contributed by atoms with Gasteiger partial charge in [-0.1, -0.05) is 60.7 Å². The van der Waals surface area contributed by atoms with Crippen LogP contribution in [-0.4, -0.2) is 36.6 Å². The number of esters is 2. The van der Waals surface area contributed by atoms with Crippen LogP contribution in [0.25, 0.3) is 0 Å². The zero-order valence-electron chi connectivity index (χ0n) is 17.9. The van der Waals surface area contributed by atoms with Crippen LogP contribution in [0, 0.1) is 0 Å². The highest BCUT2D eigenvalue weighted by molar-refractivity contribution is 5.91. The lowest BCUT2D eigenvalue weighted by atomic mass is 9.90. The van der Waals surface area contributed by atoms with E-state index in [0.717, 1.165) is 11.1 Å². The number of rotatable bonds is 8. The number of hydrogen-bond acceptors (Lipinski definition) is 5. The number of methoxy groups -OCH3 is 1. The van der Waals surface area contributed by atoms with Crippen LogP contribution in [0.1, 0.15) is 50.7 Å². The molecule has 160 valence electrons. The summed E-state index contributed by atoms with van der Waals surface area (Å²) in [6.07, 6.45) is 0.0717. The van der Waals surface area contributed by atoms with Gasteiger partial charge in [-0.2, -0.15) is 0 Å². The Bertz CT molecular complexity index is 803. The monoisotopic (exact) mass is 411 g/mol. The van der Waals surface area contributed by atoms with E-state index in [1.807, 2.05) is 60.7 Å². The van der Waals surface area contributed by atoms with Crippen molar-refractivity contribution in [2.24, 2.45) is 0 Å². The van der Waals surface area contributed by atoms with Crippen LogP contribution in [0.3, 0.4) is 0 Å². The van der Waals surface area contributed by atoms with Gasteiger partial charge in [0.2, 0.25) is 5.91 Å². The molecule has 0 aliphatic carbocycles. The molecule has 30 heavy (non-hydrogen) atoms. The van der Waals surface area contributed by atoms with Crippen LogP contribution >= 0.6 is 0 Å². The third kappa shape index (κ3) is 7.03. The fraction of sp³-hybridized carbons (Fsp3) is 0.375. The Kier molecular flexibility index (Phi) is 8.16. The molecule has 0 radical (unpaired) electrons. The summed E-state index contributed by atoms with van der Waals surface area (Å²) in [7, 11) is 1.25. The van der Waals surface area contributed by atoms with Crippen molar-refractivity contribution in [2.45, 2.75) is 51.2 Å². The van der Waals surface area contributed by atoms with Gasteiger partial charge in [-0.05, 0) is 38.3 Å². The minimum absolute atomic E-state index is 0.0152. The average Bonchev–Trinajstić information content (AvgIpc) is 2.71. The molecule has 0 aliphatic heterocycles. The fourth-order valence-electron chi connectivity index (χ4n) is 3.09. The number of hydrogen-bond donors (Lipinski definition) is 1. The maximum absolute atomic E-state index is 13.2. The molecule has 1 N–H and O–H groups in total. The summed E-state index contributed by atoms with van der Waals surface area (Å²) in [6, 6.07) is 17.7. The molecule has 0 bridgehead atoms. The molecule has 0 saturated heterocycles. The average molecular weight is 411 g/mol. The smallest absolute Gasteiger partial charge is 0.328 e. The highest BCUT2D eigenvalue weighted by atomic mass is 16.6. The summed E-state index contributed by atoms with van der Waals surface area (Å²) in [4.78, 5) is 37.5. The molecule has 2 aromatic carbocycles. The van der Waals surface area contributed by atoms with Crippen molar-refractivity contribution in [1.29, 1.82) is 0 Å². The van der Waals surface area contributed by atoms with Crippen molar-refractivity contribution in [3.8, 4) is 0 Å². The van der Waals surface area contributed by atoms with Gasteiger partial charge in [0.25, 0.3) is 0 Å². The second-order valence-corrected chi connectivity index (χ2v) is 7.96. The first-order valence-electron chi connectivity index (χ1n) is 9.91. The van der Waals surface area contributed by atoms with E-state index in [1.54, 1.807) is 20.8 Å². The zero-order valence-corrected chi connectivity index (χ0v) is 17.9. The molecule has 1 atom stereocenters. The first-order chi connectivity index (χ1) is 14.2. The Morgan fingerprint density at radius 2 is 1.40 bits per heavy atom. The first-order valence-corrected chi connectivity index (χ1v) is 9.91. The molecule has 0 saturated carbocycles. The Labute approximate surface area is 177 Å². The normalized spacial score (nSPS) is 12.2. The van der Waals surface area contributed by atoms with E-state index in [4.69, 9.17) is 9.47 Å². The van der Waals surface area contributed by atoms with Gasteiger partial charge in [0.15, 0.2) is 0 Å². The lowest BCUT2D eigenvalue weighted by Crippen LogP contribution is -2.44. The van der Waals surface area contributed by atoms with Crippen LogP contribution < -0.4 is 5.32 Å². The van der Waals surface area contributed by atoms with E-state index in [2.05, 4.69) is 5.32 Å². The van der Waals surface area contributed by atoms with E-state index in [-0.39, 0.29) is 18.7 Å². The minimum Gasteiger partial charge on any atom is -0.467 e. The molecular formula is C24H29NO5. The molecule has 0 aromatic heterocycles. The van der Waals surface area contributed by atoms with Gasteiger partial charge in [-0.3, -0.25) is 9.59 Å². The number of benzene rings is 2. The highest BCUT2D eigenvalue weighted by Crippen LogP contribution is 2.25. The molecule has 0 aliphatic rings. The number of carbonyl (C=O) groups is 3.